The average molecular weight is 276 g/mol. The first-order valence-corrected chi connectivity index (χ1v) is 5.39. The molecule has 1 N–H and O–H groups in total. The second-order valence-electron chi connectivity index (χ2n) is 2.15. The van der Waals surface area contributed by atoms with Crippen LogP contribution in [0.4, 0.5) is 9.93 Å². The molecule has 0 aliphatic rings. The van der Waals surface area contributed by atoms with E-state index in [1.54, 1.807) is 11.6 Å². The minimum atomic E-state index is -1.60. The number of aromatic nitrogens is 1. The number of thiazole rings is 1. The summed E-state index contributed by atoms with van der Waals surface area (Å²) in [5, 5.41) is 4.51. The van der Waals surface area contributed by atoms with Crippen LogP contribution in [0.3, 0.4) is 0 Å². The molecule has 78 valence electrons. The summed E-state index contributed by atoms with van der Waals surface area (Å²) in [6.45, 7) is -0.311. The summed E-state index contributed by atoms with van der Waals surface area (Å²) in [5.74, 6) is 0. The highest BCUT2D eigenvalue weighted by atomic mass is 35.6. The molecule has 0 fully saturated rings. The number of halogens is 3. The minimum absolute atomic E-state index is 0.311. The zero-order chi connectivity index (χ0) is 10.6. The lowest BCUT2D eigenvalue weighted by molar-refractivity contribution is 0.164. The molecule has 14 heavy (non-hydrogen) atoms. The van der Waals surface area contributed by atoms with Crippen molar-refractivity contribution in [2.45, 2.75) is 3.79 Å². The van der Waals surface area contributed by atoms with Gasteiger partial charge in [0.15, 0.2) is 5.13 Å². The second kappa shape index (κ2) is 5.02. The Bertz CT molecular complexity index is 299. The van der Waals surface area contributed by atoms with Crippen molar-refractivity contribution in [3.05, 3.63) is 11.6 Å². The monoisotopic (exact) mass is 274 g/mol. The Kier molecular flexibility index (Phi) is 4.25. The third-order valence-corrected chi connectivity index (χ3v) is 2.02. The molecule has 0 radical (unpaired) electrons. The smallest absolute Gasteiger partial charge is 0.413 e. The quantitative estimate of drug-likeness (QED) is 0.844. The summed E-state index contributed by atoms with van der Waals surface area (Å²) >= 11 is 17.4. The molecule has 1 amide bonds. The third-order valence-electron chi connectivity index (χ3n) is 1.01. The van der Waals surface area contributed by atoms with Gasteiger partial charge < -0.3 is 4.74 Å². The number of ether oxygens (including phenoxy) is 1. The molecule has 0 aliphatic carbocycles. The summed E-state index contributed by atoms with van der Waals surface area (Å²) in [4.78, 5) is 14.8. The van der Waals surface area contributed by atoms with E-state index in [-0.39, 0.29) is 6.61 Å². The van der Waals surface area contributed by atoms with Crippen LogP contribution in [0.25, 0.3) is 0 Å². The molecular formula is C6H5Cl3N2O2S. The van der Waals surface area contributed by atoms with Crippen molar-refractivity contribution in [2.75, 3.05) is 11.9 Å². The predicted molar refractivity (Wildman–Crippen MR) is 57.4 cm³/mol. The van der Waals surface area contributed by atoms with E-state index in [9.17, 15) is 4.79 Å². The van der Waals surface area contributed by atoms with Crippen LogP contribution in [0.5, 0.6) is 0 Å². The van der Waals surface area contributed by atoms with E-state index in [1.807, 2.05) is 0 Å². The molecule has 1 rings (SSSR count). The molecule has 0 saturated heterocycles. The first-order valence-electron chi connectivity index (χ1n) is 3.37. The molecule has 1 aromatic rings. The van der Waals surface area contributed by atoms with Crippen molar-refractivity contribution >= 4 is 57.4 Å². The lowest BCUT2D eigenvalue weighted by Crippen LogP contribution is -2.21. The van der Waals surface area contributed by atoms with Crippen LogP contribution in [0.2, 0.25) is 0 Å². The topological polar surface area (TPSA) is 51.2 Å². The first kappa shape index (κ1) is 11.8. The molecule has 0 saturated carbocycles. The zero-order valence-electron chi connectivity index (χ0n) is 6.67. The number of carbonyl (C=O) groups is 1. The minimum Gasteiger partial charge on any atom is -0.445 e. The highest BCUT2D eigenvalue weighted by Crippen LogP contribution is 2.26. The number of hydrogen-bond acceptors (Lipinski definition) is 4. The maximum Gasteiger partial charge on any atom is 0.413 e. The third kappa shape index (κ3) is 4.85. The molecule has 0 unspecified atom stereocenters. The van der Waals surface area contributed by atoms with Gasteiger partial charge in [-0.3, -0.25) is 5.32 Å². The van der Waals surface area contributed by atoms with Crippen molar-refractivity contribution in [1.29, 1.82) is 0 Å². The maximum absolute atomic E-state index is 11.0. The largest absolute Gasteiger partial charge is 0.445 e. The van der Waals surface area contributed by atoms with Crippen molar-refractivity contribution in [2.24, 2.45) is 0 Å². The van der Waals surface area contributed by atoms with E-state index in [1.165, 1.54) is 11.3 Å². The highest BCUT2D eigenvalue weighted by molar-refractivity contribution is 7.13. The molecule has 8 heteroatoms. The molecule has 0 bridgehead atoms. The van der Waals surface area contributed by atoms with Gasteiger partial charge in [-0.25, -0.2) is 9.78 Å². The number of carbonyl (C=O) groups excluding carboxylic acids is 1. The van der Waals surface area contributed by atoms with Crippen molar-refractivity contribution < 1.29 is 9.53 Å². The van der Waals surface area contributed by atoms with Gasteiger partial charge in [0.05, 0.1) is 0 Å². The van der Waals surface area contributed by atoms with Gasteiger partial charge in [-0.05, 0) is 0 Å². The molecule has 4 nitrogen and oxygen atoms in total. The SMILES string of the molecule is O=C(Nc1nccs1)OCC(Cl)(Cl)Cl. The highest BCUT2D eigenvalue weighted by Gasteiger charge is 2.22. The Labute approximate surface area is 99.1 Å². The molecular weight excluding hydrogens is 271 g/mol. The van der Waals surface area contributed by atoms with Gasteiger partial charge in [-0.15, -0.1) is 11.3 Å². The van der Waals surface area contributed by atoms with Crippen LogP contribution in [0.1, 0.15) is 0 Å². The number of alkyl halides is 3. The second-order valence-corrected chi connectivity index (χ2v) is 5.56. The molecule has 0 atom stereocenters. The number of nitrogens with zero attached hydrogens (tertiary/aromatic N) is 1. The van der Waals surface area contributed by atoms with E-state index in [0.717, 1.165) is 0 Å². The number of hydrogen-bond donors (Lipinski definition) is 1. The number of anilines is 1. The van der Waals surface area contributed by atoms with E-state index in [4.69, 9.17) is 34.8 Å². The van der Waals surface area contributed by atoms with E-state index >= 15 is 0 Å². The molecule has 1 heterocycles. The molecule has 0 aromatic carbocycles. The number of rotatable bonds is 2. The zero-order valence-corrected chi connectivity index (χ0v) is 9.75. The first-order chi connectivity index (χ1) is 6.47. The Morgan fingerprint density at radius 3 is 2.86 bits per heavy atom. The standard InChI is InChI=1S/C6H5Cl3N2O2S/c7-6(8,9)3-13-5(12)11-4-10-1-2-14-4/h1-2H,3H2,(H,10,11,12). The fourth-order valence-corrected chi connectivity index (χ4v) is 1.23. The fourth-order valence-electron chi connectivity index (χ4n) is 0.556. The van der Waals surface area contributed by atoms with Gasteiger partial charge in [-0.1, -0.05) is 34.8 Å². The van der Waals surface area contributed by atoms with Crippen LogP contribution >= 0.6 is 46.1 Å². The average Bonchev–Trinajstić information content (AvgIpc) is 2.52. The Morgan fingerprint density at radius 1 is 1.64 bits per heavy atom. The van der Waals surface area contributed by atoms with Crippen molar-refractivity contribution in [3.63, 3.8) is 0 Å². The van der Waals surface area contributed by atoms with Gasteiger partial charge in [0, 0.05) is 11.6 Å². The Balaban J connectivity index is 2.30. The summed E-state index contributed by atoms with van der Waals surface area (Å²) in [7, 11) is 0. The number of nitrogens with one attached hydrogen (secondary N) is 1. The molecule has 1 aromatic heterocycles. The fraction of sp³-hybridized carbons (Fsp3) is 0.333. The van der Waals surface area contributed by atoms with Crippen LogP contribution in [-0.4, -0.2) is 21.5 Å². The van der Waals surface area contributed by atoms with Crippen molar-refractivity contribution in [3.8, 4) is 0 Å². The van der Waals surface area contributed by atoms with Gasteiger partial charge in [-0.2, -0.15) is 0 Å². The van der Waals surface area contributed by atoms with Gasteiger partial charge >= 0.3 is 6.09 Å². The summed E-state index contributed by atoms with van der Waals surface area (Å²) in [6.07, 6.45) is 0.848. The Hall–Kier alpha value is -0.230. The maximum atomic E-state index is 11.0. The van der Waals surface area contributed by atoms with Crippen LogP contribution in [0, 0.1) is 0 Å². The van der Waals surface area contributed by atoms with E-state index < -0.39 is 9.89 Å². The summed E-state index contributed by atoms with van der Waals surface area (Å²) in [5.41, 5.74) is 0. The van der Waals surface area contributed by atoms with E-state index in [2.05, 4.69) is 15.0 Å². The summed E-state index contributed by atoms with van der Waals surface area (Å²) < 4.78 is 3.00. The lowest BCUT2D eigenvalue weighted by Gasteiger charge is -2.10. The number of amides is 1. The van der Waals surface area contributed by atoms with Gasteiger partial charge in [0.25, 0.3) is 0 Å². The Morgan fingerprint density at radius 2 is 2.36 bits per heavy atom. The normalized spacial score (nSPS) is 11.1. The predicted octanol–water partition coefficient (Wildman–Crippen LogP) is 3.06. The molecule has 0 aliphatic heterocycles. The van der Waals surface area contributed by atoms with Crippen LogP contribution < -0.4 is 5.32 Å². The van der Waals surface area contributed by atoms with E-state index in [0.29, 0.717) is 5.13 Å². The lowest BCUT2D eigenvalue weighted by atomic mass is 10.8. The van der Waals surface area contributed by atoms with Gasteiger partial charge in [0.1, 0.15) is 6.61 Å². The van der Waals surface area contributed by atoms with Crippen molar-refractivity contribution in [1.82, 2.24) is 4.98 Å². The van der Waals surface area contributed by atoms with Gasteiger partial charge in [0.2, 0.25) is 3.79 Å². The summed E-state index contributed by atoms with van der Waals surface area (Å²) in [6, 6.07) is 0. The van der Waals surface area contributed by atoms with Crippen LogP contribution in [0.15, 0.2) is 11.6 Å². The molecule has 0 spiro atoms. The van der Waals surface area contributed by atoms with Crippen LogP contribution in [-0.2, 0) is 4.74 Å².